The molecule has 6 nitrogen and oxygen atoms in total. The smallest absolute Gasteiger partial charge is 0.220 e. The zero-order valence-electron chi connectivity index (χ0n) is 14.6. The van der Waals surface area contributed by atoms with E-state index in [-0.39, 0.29) is 11.9 Å². The number of rotatable bonds is 3. The average Bonchev–Trinajstić information content (AvgIpc) is 2.89. The Bertz CT molecular complexity index is 754. The van der Waals surface area contributed by atoms with Crippen LogP contribution < -0.4 is 4.74 Å². The number of hydrogen-bond acceptors (Lipinski definition) is 4. The Morgan fingerprint density at radius 1 is 1.38 bits per heavy atom. The zero-order chi connectivity index (χ0) is 17.3. The van der Waals surface area contributed by atoms with Gasteiger partial charge in [-0.15, -0.1) is 0 Å². The molecular formula is C18H23N3O3. The van der Waals surface area contributed by atoms with E-state index in [0.29, 0.717) is 19.8 Å². The summed E-state index contributed by atoms with van der Waals surface area (Å²) in [6.07, 6.45) is 0. The minimum Gasteiger partial charge on any atom is -0.497 e. The molecule has 1 atom stereocenters. The molecule has 0 bridgehead atoms. The summed E-state index contributed by atoms with van der Waals surface area (Å²) in [5, 5.41) is 4.69. The van der Waals surface area contributed by atoms with Crippen molar-refractivity contribution in [3.63, 3.8) is 0 Å². The van der Waals surface area contributed by atoms with Gasteiger partial charge in [-0.3, -0.25) is 4.79 Å². The largest absolute Gasteiger partial charge is 0.497 e. The van der Waals surface area contributed by atoms with Crippen LogP contribution in [-0.2, 0) is 9.53 Å². The van der Waals surface area contributed by atoms with Crippen molar-refractivity contribution in [2.45, 2.75) is 26.8 Å². The van der Waals surface area contributed by atoms with Crippen LogP contribution in [0.4, 0.5) is 0 Å². The highest BCUT2D eigenvalue weighted by Crippen LogP contribution is 2.31. The number of benzene rings is 1. The lowest BCUT2D eigenvalue weighted by Gasteiger charge is -2.35. The highest BCUT2D eigenvalue weighted by molar-refractivity contribution is 5.74. The lowest BCUT2D eigenvalue weighted by Crippen LogP contribution is -2.42. The number of aromatic nitrogens is 2. The number of carbonyl (C=O) groups is 1. The minimum absolute atomic E-state index is 0.0660. The van der Waals surface area contributed by atoms with E-state index >= 15 is 0 Å². The molecule has 0 aliphatic carbocycles. The number of ether oxygens (including phenoxy) is 2. The van der Waals surface area contributed by atoms with Gasteiger partial charge >= 0.3 is 0 Å². The molecule has 1 aromatic carbocycles. The maximum atomic E-state index is 12.0. The zero-order valence-corrected chi connectivity index (χ0v) is 14.6. The van der Waals surface area contributed by atoms with Crippen molar-refractivity contribution in [2.24, 2.45) is 0 Å². The molecule has 2 aromatic rings. The second-order valence-corrected chi connectivity index (χ2v) is 6.00. The number of methoxy groups -OCH3 is 1. The van der Waals surface area contributed by atoms with E-state index in [4.69, 9.17) is 14.6 Å². The molecule has 0 spiro atoms. The summed E-state index contributed by atoms with van der Waals surface area (Å²) in [7, 11) is 1.65. The van der Waals surface area contributed by atoms with Crippen LogP contribution in [-0.4, -0.2) is 47.5 Å². The average molecular weight is 329 g/mol. The summed E-state index contributed by atoms with van der Waals surface area (Å²) < 4.78 is 12.8. The monoisotopic (exact) mass is 329 g/mol. The summed E-state index contributed by atoms with van der Waals surface area (Å²) in [6, 6.07) is 7.70. The molecule has 1 aliphatic rings. The molecule has 1 saturated heterocycles. The van der Waals surface area contributed by atoms with E-state index in [1.165, 1.54) is 0 Å². The van der Waals surface area contributed by atoms with Crippen molar-refractivity contribution in [3.8, 4) is 11.4 Å². The molecule has 1 fully saturated rings. The van der Waals surface area contributed by atoms with E-state index in [0.717, 1.165) is 28.4 Å². The van der Waals surface area contributed by atoms with Gasteiger partial charge in [0.25, 0.3) is 0 Å². The summed E-state index contributed by atoms with van der Waals surface area (Å²) in [5.41, 5.74) is 3.93. The van der Waals surface area contributed by atoms with Gasteiger partial charge in [0.15, 0.2) is 0 Å². The van der Waals surface area contributed by atoms with Gasteiger partial charge in [0.1, 0.15) is 5.75 Å². The van der Waals surface area contributed by atoms with Crippen molar-refractivity contribution >= 4 is 5.91 Å². The second kappa shape index (κ2) is 6.65. The van der Waals surface area contributed by atoms with Gasteiger partial charge in [0.05, 0.1) is 37.7 Å². The Morgan fingerprint density at radius 3 is 2.88 bits per heavy atom. The third-order valence-electron chi connectivity index (χ3n) is 4.51. The van der Waals surface area contributed by atoms with Crippen molar-refractivity contribution < 1.29 is 14.3 Å². The first-order chi connectivity index (χ1) is 11.5. The third-order valence-corrected chi connectivity index (χ3v) is 4.51. The van der Waals surface area contributed by atoms with Crippen LogP contribution in [0.2, 0.25) is 0 Å². The van der Waals surface area contributed by atoms with Gasteiger partial charge in [0.2, 0.25) is 5.91 Å². The van der Waals surface area contributed by atoms with Crippen LogP contribution in [0.5, 0.6) is 5.75 Å². The molecule has 24 heavy (non-hydrogen) atoms. The van der Waals surface area contributed by atoms with Gasteiger partial charge < -0.3 is 14.4 Å². The van der Waals surface area contributed by atoms with E-state index in [9.17, 15) is 4.79 Å². The van der Waals surface area contributed by atoms with Crippen molar-refractivity contribution in [3.05, 3.63) is 41.2 Å². The van der Waals surface area contributed by atoms with E-state index < -0.39 is 0 Å². The fraction of sp³-hybridized carbons (Fsp3) is 0.444. The van der Waals surface area contributed by atoms with E-state index in [2.05, 4.69) is 0 Å². The van der Waals surface area contributed by atoms with Gasteiger partial charge in [-0.1, -0.05) is 6.07 Å². The molecule has 2 heterocycles. The first-order valence-electron chi connectivity index (χ1n) is 8.08. The molecule has 6 heteroatoms. The predicted octanol–water partition coefficient (Wildman–Crippen LogP) is 2.42. The Hall–Kier alpha value is -2.34. The minimum atomic E-state index is -0.0874. The van der Waals surface area contributed by atoms with E-state index in [1.54, 1.807) is 14.0 Å². The Balaban J connectivity index is 2.04. The van der Waals surface area contributed by atoms with Crippen LogP contribution in [0, 0.1) is 13.8 Å². The number of hydrogen-bond donors (Lipinski definition) is 0. The number of carbonyl (C=O) groups excluding carboxylic acids is 1. The van der Waals surface area contributed by atoms with Gasteiger partial charge in [0, 0.05) is 30.8 Å². The molecule has 1 amide bonds. The molecule has 0 saturated carbocycles. The van der Waals surface area contributed by atoms with Crippen molar-refractivity contribution in [2.75, 3.05) is 26.9 Å². The summed E-state index contributed by atoms with van der Waals surface area (Å²) >= 11 is 0. The third kappa shape index (κ3) is 2.89. The van der Waals surface area contributed by atoms with Crippen LogP contribution in [0.15, 0.2) is 24.3 Å². The fourth-order valence-electron chi connectivity index (χ4n) is 3.35. The maximum absolute atomic E-state index is 12.0. The topological polar surface area (TPSA) is 56.6 Å². The molecule has 128 valence electrons. The van der Waals surface area contributed by atoms with E-state index in [1.807, 2.05) is 47.7 Å². The normalized spacial score (nSPS) is 17.8. The summed E-state index contributed by atoms with van der Waals surface area (Å²) in [4.78, 5) is 13.9. The Labute approximate surface area is 142 Å². The van der Waals surface area contributed by atoms with Crippen molar-refractivity contribution in [1.29, 1.82) is 0 Å². The molecule has 1 aromatic heterocycles. The number of amides is 1. The summed E-state index contributed by atoms with van der Waals surface area (Å²) in [6.45, 7) is 7.32. The number of aryl methyl sites for hydroxylation is 1. The molecular weight excluding hydrogens is 306 g/mol. The maximum Gasteiger partial charge on any atom is 0.220 e. The standard InChI is InChI=1S/C18H23N3O3/c1-12-18(17-11-24-9-8-20(17)14(3)22)13(2)21(19-12)15-6-5-7-16(10-15)23-4/h5-7,10,17H,8-9,11H2,1-4H3/t17-/m1/s1. The molecule has 0 radical (unpaired) electrons. The molecule has 3 rings (SSSR count). The second-order valence-electron chi connectivity index (χ2n) is 6.00. The quantitative estimate of drug-likeness (QED) is 0.868. The predicted molar refractivity (Wildman–Crippen MR) is 90.5 cm³/mol. The highest BCUT2D eigenvalue weighted by Gasteiger charge is 2.31. The van der Waals surface area contributed by atoms with Crippen molar-refractivity contribution in [1.82, 2.24) is 14.7 Å². The van der Waals surface area contributed by atoms with Crippen LogP contribution in [0.1, 0.15) is 29.9 Å². The SMILES string of the molecule is COc1cccc(-n2nc(C)c([C@H]3COCCN3C(C)=O)c2C)c1. The Kier molecular flexibility index (Phi) is 4.57. The first-order valence-corrected chi connectivity index (χ1v) is 8.08. The van der Waals surface area contributed by atoms with Gasteiger partial charge in [-0.25, -0.2) is 4.68 Å². The van der Waals surface area contributed by atoms with Crippen LogP contribution >= 0.6 is 0 Å². The lowest BCUT2D eigenvalue weighted by atomic mass is 10.0. The van der Waals surface area contributed by atoms with Gasteiger partial charge in [-0.2, -0.15) is 5.10 Å². The molecule has 0 N–H and O–H groups in total. The Morgan fingerprint density at radius 2 is 2.17 bits per heavy atom. The number of morpholine rings is 1. The fourth-order valence-corrected chi connectivity index (χ4v) is 3.35. The van der Waals surface area contributed by atoms with Gasteiger partial charge in [-0.05, 0) is 26.0 Å². The molecule has 0 unspecified atom stereocenters. The number of nitrogens with zero attached hydrogens (tertiary/aromatic N) is 3. The molecule has 1 aliphatic heterocycles. The highest BCUT2D eigenvalue weighted by atomic mass is 16.5. The first kappa shape index (κ1) is 16.5. The van der Waals surface area contributed by atoms with Crippen LogP contribution in [0.25, 0.3) is 5.69 Å². The van der Waals surface area contributed by atoms with Crippen LogP contribution in [0.3, 0.4) is 0 Å². The summed E-state index contributed by atoms with van der Waals surface area (Å²) in [5.74, 6) is 0.851. The lowest BCUT2D eigenvalue weighted by molar-refractivity contribution is -0.137.